The highest BCUT2D eigenvalue weighted by Crippen LogP contribution is 2.35. The minimum atomic E-state index is -0.324. The molecule has 0 aromatic heterocycles. The quantitative estimate of drug-likeness (QED) is 0.0552. The highest BCUT2D eigenvalue weighted by molar-refractivity contribution is 6.13. The van der Waals surface area contributed by atoms with Crippen molar-refractivity contribution in [2.45, 2.75) is 91.9 Å². The number of unbranched alkanes of at least 4 members (excludes halogenated alkanes) is 4. The molecule has 0 fully saturated rings. The molecular weight excluding hydrogens is 647 g/mol. The first kappa shape index (κ1) is 43.4. The molecule has 0 heterocycles. The summed E-state index contributed by atoms with van der Waals surface area (Å²) in [7, 11) is 1.62. The molecule has 0 bridgehead atoms. The molecule has 0 saturated heterocycles. The number of rotatable bonds is 23. The molecule has 0 amide bonds. The van der Waals surface area contributed by atoms with E-state index in [0.717, 1.165) is 73.7 Å². The number of ether oxygens (including phenoxy) is 3. The molecule has 270 valence electrons. The fourth-order valence-electron chi connectivity index (χ4n) is 5.82. The molecule has 0 radical (unpaired) electrons. The van der Waals surface area contributed by atoms with E-state index in [1.54, 1.807) is 7.11 Å². The van der Waals surface area contributed by atoms with E-state index >= 15 is 0 Å². The Bertz CT molecular complexity index is 1350. The van der Waals surface area contributed by atoms with Crippen molar-refractivity contribution in [3.8, 4) is 5.75 Å². The minimum Gasteiger partial charge on any atom is -0.496 e. The van der Waals surface area contributed by atoms with Crippen LogP contribution in [0.15, 0.2) is 42.5 Å². The highest BCUT2D eigenvalue weighted by Gasteiger charge is 2.15. The summed E-state index contributed by atoms with van der Waals surface area (Å²) in [5.41, 5.74) is 1.02. The lowest BCUT2D eigenvalue weighted by atomic mass is 9.97. The van der Waals surface area contributed by atoms with E-state index in [2.05, 4.69) is 37.5 Å². The molecule has 0 spiro atoms. The van der Waals surface area contributed by atoms with Crippen molar-refractivity contribution in [1.29, 1.82) is 0 Å². The average molecular weight is 708 g/mol. The largest absolute Gasteiger partial charge is 0.496 e. The first-order valence-electron chi connectivity index (χ1n) is 17.8. The van der Waals surface area contributed by atoms with Gasteiger partial charge in [0.25, 0.3) is 0 Å². The van der Waals surface area contributed by atoms with Crippen molar-refractivity contribution in [3.05, 3.63) is 53.6 Å². The van der Waals surface area contributed by atoms with E-state index in [4.69, 9.17) is 14.2 Å². The van der Waals surface area contributed by atoms with Crippen LogP contribution < -0.4 is 4.74 Å². The summed E-state index contributed by atoms with van der Waals surface area (Å²) in [6.45, 7) is 16.0. The van der Waals surface area contributed by atoms with E-state index < -0.39 is 0 Å². The Morgan fingerprint density at radius 3 is 1.40 bits per heavy atom. The van der Waals surface area contributed by atoms with E-state index in [-0.39, 0.29) is 36.8 Å². The van der Waals surface area contributed by atoms with Gasteiger partial charge in [0, 0.05) is 18.5 Å². The Morgan fingerprint density at radius 1 is 0.542 bits per heavy atom. The normalized spacial score (nSPS) is 11.1. The summed E-state index contributed by atoms with van der Waals surface area (Å²) >= 11 is 0. The molecule has 0 aliphatic heterocycles. The SMILES string of the molecule is CCCCN(CCCC)CCCOC(=O)c1ccc2c(c1)cc(OC)c1cc(C(=O)OCCCN(CCCC)CCCC)ccc12.Cl.Cl. The van der Waals surface area contributed by atoms with Crippen LogP contribution in [0.5, 0.6) is 5.75 Å². The summed E-state index contributed by atoms with van der Waals surface area (Å²) in [4.78, 5) is 30.9. The van der Waals surface area contributed by atoms with Crippen LogP contribution in [-0.2, 0) is 9.47 Å². The molecule has 48 heavy (non-hydrogen) atoms. The maximum atomic E-state index is 13.0. The summed E-state index contributed by atoms with van der Waals surface area (Å²) < 4.78 is 17.1. The van der Waals surface area contributed by atoms with Crippen LogP contribution in [0.25, 0.3) is 21.5 Å². The number of nitrogens with zero attached hydrogens (tertiary/aromatic N) is 2. The van der Waals surface area contributed by atoms with Crippen molar-refractivity contribution in [3.63, 3.8) is 0 Å². The first-order valence-corrected chi connectivity index (χ1v) is 17.8. The number of hydrogen-bond donors (Lipinski definition) is 0. The standard InChI is InChI=1S/C39H58N2O5.2ClH/c1-6-10-20-40(21-11-7-2)24-14-26-45-38(42)31-16-18-34-33(28-31)30-37(44-5)36-29-32(17-19-35(34)36)39(43)46-27-15-25-41(22-12-8-3)23-13-9-4;;/h16-19,28-30H,6-15,20-27H2,1-5H3;2*1H. The van der Waals surface area contributed by atoms with Gasteiger partial charge in [-0.15, -0.1) is 24.8 Å². The van der Waals surface area contributed by atoms with Crippen LogP contribution in [0.2, 0.25) is 0 Å². The molecule has 7 nitrogen and oxygen atoms in total. The average Bonchev–Trinajstić information content (AvgIpc) is 3.08. The third kappa shape index (κ3) is 13.7. The van der Waals surface area contributed by atoms with Crippen LogP contribution in [0.1, 0.15) is 113 Å². The minimum absolute atomic E-state index is 0. The molecule has 0 atom stereocenters. The molecule has 3 aromatic rings. The molecule has 0 saturated carbocycles. The monoisotopic (exact) mass is 706 g/mol. The van der Waals surface area contributed by atoms with E-state index in [1.807, 2.05) is 42.5 Å². The number of hydrogen-bond acceptors (Lipinski definition) is 7. The maximum absolute atomic E-state index is 13.0. The lowest BCUT2D eigenvalue weighted by Crippen LogP contribution is -2.28. The number of fused-ring (bicyclic) bond motifs is 3. The molecule has 3 aromatic carbocycles. The third-order valence-corrected chi connectivity index (χ3v) is 8.62. The highest BCUT2D eigenvalue weighted by atomic mass is 35.5. The van der Waals surface area contributed by atoms with Gasteiger partial charge in [0.2, 0.25) is 0 Å². The van der Waals surface area contributed by atoms with Crippen LogP contribution in [0.3, 0.4) is 0 Å². The summed E-state index contributed by atoms with van der Waals surface area (Å²) in [5.74, 6) is 0.00522. The second-order valence-electron chi connectivity index (χ2n) is 12.4. The van der Waals surface area contributed by atoms with Crippen molar-refractivity contribution < 1.29 is 23.8 Å². The van der Waals surface area contributed by atoms with Crippen LogP contribution in [-0.4, -0.2) is 81.3 Å². The third-order valence-electron chi connectivity index (χ3n) is 8.62. The Hall–Kier alpha value is -2.58. The predicted molar refractivity (Wildman–Crippen MR) is 205 cm³/mol. The maximum Gasteiger partial charge on any atom is 0.338 e. The zero-order valence-corrected chi connectivity index (χ0v) is 31.7. The van der Waals surface area contributed by atoms with Gasteiger partial charge in [0.05, 0.1) is 31.5 Å². The molecule has 0 unspecified atom stereocenters. The molecular formula is C39H60Cl2N2O5. The molecule has 0 aliphatic carbocycles. The van der Waals surface area contributed by atoms with Gasteiger partial charge in [0.1, 0.15) is 5.75 Å². The molecule has 9 heteroatoms. The van der Waals surface area contributed by atoms with Gasteiger partial charge < -0.3 is 24.0 Å². The van der Waals surface area contributed by atoms with E-state index in [0.29, 0.717) is 30.1 Å². The number of carbonyl (C=O) groups excluding carboxylic acids is 2. The van der Waals surface area contributed by atoms with Gasteiger partial charge in [-0.2, -0.15) is 0 Å². The zero-order valence-electron chi connectivity index (χ0n) is 30.0. The molecule has 0 aliphatic rings. The molecule has 3 rings (SSSR count). The summed E-state index contributed by atoms with van der Waals surface area (Å²) in [6, 6.07) is 13.1. The fourth-order valence-corrected chi connectivity index (χ4v) is 5.82. The number of benzene rings is 3. The Morgan fingerprint density at radius 2 is 0.958 bits per heavy atom. The molecule has 0 N–H and O–H groups in total. The topological polar surface area (TPSA) is 68.3 Å². The van der Waals surface area contributed by atoms with Gasteiger partial charge in [-0.05, 0) is 111 Å². The van der Waals surface area contributed by atoms with Crippen LogP contribution in [0, 0.1) is 0 Å². The predicted octanol–water partition coefficient (Wildman–Crippen LogP) is 9.74. The zero-order chi connectivity index (χ0) is 33.1. The number of methoxy groups -OCH3 is 1. The van der Waals surface area contributed by atoms with Gasteiger partial charge in [-0.25, -0.2) is 9.59 Å². The Labute approximate surface area is 301 Å². The van der Waals surface area contributed by atoms with E-state index in [9.17, 15) is 9.59 Å². The lowest BCUT2D eigenvalue weighted by molar-refractivity contribution is 0.0478. The Kier molecular flexibility index (Phi) is 22.2. The smallest absolute Gasteiger partial charge is 0.338 e. The second-order valence-corrected chi connectivity index (χ2v) is 12.4. The number of esters is 2. The summed E-state index contributed by atoms with van der Waals surface area (Å²) in [5, 5.41) is 3.65. The lowest BCUT2D eigenvalue weighted by Gasteiger charge is -2.21. The van der Waals surface area contributed by atoms with Crippen molar-refractivity contribution in [2.75, 3.05) is 59.6 Å². The fraction of sp³-hybridized carbons (Fsp3) is 0.590. The van der Waals surface area contributed by atoms with Crippen LogP contribution >= 0.6 is 24.8 Å². The number of halogens is 2. The van der Waals surface area contributed by atoms with Crippen LogP contribution in [0.4, 0.5) is 0 Å². The first-order chi connectivity index (χ1) is 22.4. The van der Waals surface area contributed by atoms with Crippen molar-refractivity contribution in [2.24, 2.45) is 0 Å². The Balaban J connectivity index is 0.00000576. The van der Waals surface area contributed by atoms with Crippen molar-refractivity contribution in [1.82, 2.24) is 9.80 Å². The second kappa shape index (κ2) is 24.5. The van der Waals surface area contributed by atoms with E-state index in [1.165, 1.54) is 51.4 Å². The van der Waals surface area contributed by atoms with Gasteiger partial charge >= 0.3 is 11.9 Å². The van der Waals surface area contributed by atoms with Gasteiger partial charge in [-0.3, -0.25) is 0 Å². The number of carbonyl (C=O) groups is 2. The summed E-state index contributed by atoms with van der Waals surface area (Å²) in [6.07, 6.45) is 11.2. The van der Waals surface area contributed by atoms with Gasteiger partial charge in [0.15, 0.2) is 0 Å². The van der Waals surface area contributed by atoms with Crippen molar-refractivity contribution >= 4 is 58.3 Å². The van der Waals surface area contributed by atoms with Gasteiger partial charge in [-0.1, -0.05) is 65.5 Å².